The Bertz CT molecular complexity index is 587. The second-order valence-electron chi connectivity index (χ2n) is 4.60. The third-order valence-electron chi connectivity index (χ3n) is 2.99. The fourth-order valence-electron chi connectivity index (χ4n) is 1.92. The molecule has 0 saturated carbocycles. The molecule has 2 N–H and O–H groups in total. The number of nitrogen functional groups attached to an aromatic ring is 1. The van der Waals surface area contributed by atoms with Crippen LogP contribution < -0.4 is 15.2 Å². The summed E-state index contributed by atoms with van der Waals surface area (Å²) >= 11 is 1.68. The molecule has 0 spiro atoms. The minimum atomic E-state index is 0.647. The van der Waals surface area contributed by atoms with Crippen LogP contribution in [0.3, 0.4) is 0 Å². The van der Waals surface area contributed by atoms with Gasteiger partial charge in [-0.3, -0.25) is 0 Å². The van der Waals surface area contributed by atoms with Crippen LogP contribution >= 0.6 is 11.8 Å². The quantitative estimate of drug-likeness (QED) is 0.474. The summed E-state index contributed by atoms with van der Waals surface area (Å²) in [6.07, 6.45) is 0. The van der Waals surface area contributed by atoms with E-state index in [2.05, 4.69) is 0 Å². The second-order valence-corrected chi connectivity index (χ2v) is 5.73. The topological polar surface area (TPSA) is 44.5 Å². The lowest BCUT2D eigenvalue weighted by atomic mass is 10.2. The van der Waals surface area contributed by atoms with Gasteiger partial charge in [-0.15, -0.1) is 11.8 Å². The normalized spacial score (nSPS) is 10.4. The molecule has 0 saturated heterocycles. The maximum Gasteiger partial charge on any atom is 0.122 e. The molecule has 0 aliphatic heterocycles. The van der Waals surface area contributed by atoms with Crippen molar-refractivity contribution in [1.29, 1.82) is 0 Å². The number of rotatable bonds is 7. The number of aryl methyl sites for hydroxylation is 1. The molecule has 3 nitrogen and oxygen atoms in total. The molecule has 0 atom stereocenters. The monoisotopic (exact) mass is 303 g/mol. The van der Waals surface area contributed by atoms with Gasteiger partial charge < -0.3 is 15.2 Å². The van der Waals surface area contributed by atoms with Crippen molar-refractivity contribution < 1.29 is 9.47 Å². The van der Waals surface area contributed by atoms with Gasteiger partial charge in [0.15, 0.2) is 0 Å². The Labute approximate surface area is 130 Å². The number of nitrogens with two attached hydrogens (primary N) is 1. The molecule has 0 aliphatic carbocycles. The Morgan fingerprint density at radius 2 is 1.90 bits per heavy atom. The highest BCUT2D eigenvalue weighted by Gasteiger charge is 2.04. The molecule has 0 fully saturated rings. The summed E-state index contributed by atoms with van der Waals surface area (Å²) in [6.45, 7) is 5.32. The summed E-state index contributed by atoms with van der Waals surface area (Å²) < 4.78 is 11.3. The first kappa shape index (κ1) is 15.6. The van der Waals surface area contributed by atoms with Crippen LogP contribution in [-0.2, 0) is 0 Å². The second kappa shape index (κ2) is 7.84. The van der Waals surface area contributed by atoms with E-state index >= 15 is 0 Å². The fraction of sp³-hybridized carbons (Fsp3) is 0.294. The van der Waals surface area contributed by atoms with Crippen LogP contribution in [-0.4, -0.2) is 19.0 Å². The first-order chi connectivity index (χ1) is 10.2. The van der Waals surface area contributed by atoms with Gasteiger partial charge in [0.05, 0.1) is 13.2 Å². The minimum absolute atomic E-state index is 0.647. The van der Waals surface area contributed by atoms with Crippen molar-refractivity contribution in [1.82, 2.24) is 0 Å². The number of hydrogen-bond donors (Lipinski definition) is 1. The highest BCUT2D eigenvalue weighted by atomic mass is 32.2. The van der Waals surface area contributed by atoms with Crippen LogP contribution in [0.2, 0.25) is 0 Å². The fourth-order valence-corrected chi connectivity index (χ4v) is 2.74. The zero-order valence-corrected chi connectivity index (χ0v) is 13.3. The Kier molecular flexibility index (Phi) is 5.81. The molecule has 0 amide bonds. The molecule has 0 heterocycles. The van der Waals surface area contributed by atoms with Crippen LogP contribution in [0.5, 0.6) is 11.5 Å². The summed E-state index contributed by atoms with van der Waals surface area (Å²) in [4.78, 5) is 1.04. The zero-order valence-electron chi connectivity index (χ0n) is 12.5. The van der Waals surface area contributed by atoms with Gasteiger partial charge in [0, 0.05) is 16.3 Å². The average Bonchev–Trinajstić information content (AvgIpc) is 2.48. The average molecular weight is 303 g/mol. The van der Waals surface area contributed by atoms with E-state index in [9.17, 15) is 0 Å². The molecule has 4 heteroatoms. The highest BCUT2D eigenvalue weighted by Crippen LogP contribution is 2.29. The van der Waals surface area contributed by atoms with E-state index in [1.165, 1.54) is 0 Å². The Morgan fingerprint density at radius 1 is 1.10 bits per heavy atom. The Morgan fingerprint density at radius 3 is 2.67 bits per heavy atom. The molecule has 0 radical (unpaired) electrons. The molecule has 112 valence electrons. The molecular weight excluding hydrogens is 282 g/mol. The molecule has 0 unspecified atom stereocenters. The molecule has 21 heavy (non-hydrogen) atoms. The van der Waals surface area contributed by atoms with Crippen molar-refractivity contribution in [2.45, 2.75) is 18.7 Å². The molecule has 2 aromatic rings. The van der Waals surface area contributed by atoms with E-state index in [4.69, 9.17) is 15.2 Å². The molecule has 0 aliphatic rings. The van der Waals surface area contributed by atoms with E-state index in [0.29, 0.717) is 13.2 Å². The smallest absolute Gasteiger partial charge is 0.122 e. The first-order valence-corrected chi connectivity index (χ1v) is 8.03. The van der Waals surface area contributed by atoms with Gasteiger partial charge in [-0.05, 0) is 43.7 Å². The van der Waals surface area contributed by atoms with Crippen LogP contribution in [0.1, 0.15) is 12.5 Å². The molecular formula is C17H21NO2S. The van der Waals surface area contributed by atoms with Crippen molar-refractivity contribution in [2.24, 2.45) is 0 Å². The molecule has 0 aromatic heterocycles. The van der Waals surface area contributed by atoms with Crippen molar-refractivity contribution >= 4 is 17.4 Å². The van der Waals surface area contributed by atoms with Crippen LogP contribution in [0, 0.1) is 6.92 Å². The van der Waals surface area contributed by atoms with Crippen molar-refractivity contribution in [3.05, 3.63) is 48.0 Å². The van der Waals surface area contributed by atoms with E-state index in [1.54, 1.807) is 11.8 Å². The maximum absolute atomic E-state index is 5.99. The van der Waals surface area contributed by atoms with Crippen LogP contribution in [0.4, 0.5) is 5.69 Å². The van der Waals surface area contributed by atoms with Gasteiger partial charge in [0.25, 0.3) is 0 Å². The predicted molar refractivity (Wildman–Crippen MR) is 89.4 cm³/mol. The summed E-state index contributed by atoms with van der Waals surface area (Å²) in [6, 6.07) is 13.8. The summed E-state index contributed by atoms with van der Waals surface area (Å²) in [5.41, 5.74) is 7.92. The number of anilines is 1. The van der Waals surface area contributed by atoms with E-state index in [-0.39, 0.29) is 0 Å². The molecule has 2 aromatic carbocycles. The predicted octanol–water partition coefficient (Wildman–Crippen LogP) is 4.15. The SMILES string of the molecule is CCOc1ccc(N)c(SCCOc2ccccc2C)c1. The van der Waals surface area contributed by atoms with E-state index in [0.717, 1.165) is 33.4 Å². The van der Waals surface area contributed by atoms with Gasteiger partial charge >= 0.3 is 0 Å². The van der Waals surface area contributed by atoms with Crippen LogP contribution in [0.15, 0.2) is 47.4 Å². The zero-order chi connectivity index (χ0) is 15.1. The van der Waals surface area contributed by atoms with E-state index < -0.39 is 0 Å². The summed E-state index contributed by atoms with van der Waals surface area (Å²) in [5.74, 6) is 2.64. The molecule has 0 bridgehead atoms. The first-order valence-electron chi connectivity index (χ1n) is 7.04. The number of para-hydroxylation sites is 1. The Hall–Kier alpha value is -1.81. The number of benzene rings is 2. The summed E-state index contributed by atoms with van der Waals surface area (Å²) in [7, 11) is 0. The summed E-state index contributed by atoms with van der Waals surface area (Å²) in [5, 5.41) is 0. The van der Waals surface area contributed by atoms with Crippen molar-refractivity contribution in [3.63, 3.8) is 0 Å². The standard InChI is InChI=1S/C17H21NO2S/c1-3-19-14-8-9-15(18)17(12-14)21-11-10-20-16-7-5-4-6-13(16)2/h4-9,12H,3,10-11,18H2,1-2H3. The van der Waals surface area contributed by atoms with Gasteiger partial charge in [-0.25, -0.2) is 0 Å². The van der Waals surface area contributed by atoms with Gasteiger partial charge in [0.2, 0.25) is 0 Å². The van der Waals surface area contributed by atoms with Gasteiger partial charge in [-0.1, -0.05) is 18.2 Å². The Balaban J connectivity index is 1.86. The maximum atomic E-state index is 5.99. The highest BCUT2D eigenvalue weighted by molar-refractivity contribution is 7.99. The minimum Gasteiger partial charge on any atom is -0.494 e. The van der Waals surface area contributed by atoms with Gasteiger partial charge in [0.1, 0.15) is 11.5 Å². The lowest BCUT2D eigenvalue weighted by Gasteiger charge is -2.10. The number of ether oxygens (including phenoxy) is 2. The van der Waals surface area contributed by atoms with Crippen molar-refractivity contribution in [2.75, 3.05) is 24.7 Å². The largest absolute Gasteiger partial charge is 0.494 e. The van der Waals surface area contributed by atoms with Crippen molar-refractivity contribution in [3.8, 4) is 11.5 Å². The van der Waals surface area contributed by atoms with Gasteiger partial charge in [-0.2, -0.15) is 0 Å². The van der Waals surface area contributed by atoms with Crippen LogP contribution in [0.25, 0.3) is 0 Å². The molecule has 2 rings (SSSR count). The lowest BCUT2D eigenvalue weighted by Crippen LogP contribution is -2.02. The lowest BCUT2D eigenvalue weighted by molar-refractivity contribution is 0.339. The number of thioether (sulfide) groups is 1. The third kappa shape index (κ3) is 4.60. The number of hydrogen-bond acceptors (Lipinski definition) is 4. The van der Waals surface area contributed by atoms with E-state index in [1.807, 2.05) is 56.3 Å². The third-order valence-corrected chi connectivity index (χ3v) is 4.02.